The molecule has 0 unspecified atom stereocenters. The van der Waals surface area contributed by atoms with E-state index in [-0.39, 0.29) is 0 Å². The molecule has 0 aliphatic carbocycles. The Labute approximate surface area is 188 Å². The van der Waals surface area contributed by atoms with Gasteiger partial charge in [-0.15, -0.1) is 0 Å². The number of nitrogens with zero attached hydrogens (tertiary/aromatic N) is 2. The maximum Gasteiger partial charge on any atom is 0.161 e. The van der Waals surface area contributed by atoms with Gasteiger partial charge in [-0.1, -0.05) is 24.3 Å². The van der Waals surface area contributed by atoms with Gasteiger partial charge in [0, 0.05) is 12.1 Å². The van der Waals surface area contributed by atoms with Crippen molar-refractivity contribution in [1.29, 1.82) is 0 Å². The number of imidazole rings is 1. The molecule has 0 N–H and O–H groups in total. The van der Waals surface area contributed by atoms with Crippen molar-refractivity contribution in [1.82, 2.24) is 9.55 Å². The van der Waals surface area contributed by atoms with Crippen molar-refractivity contribution in [2.45, 2.75) is 19.4 Å². The smallest absolute Gasteiger partial charge is 0.161 e. The molecule has 0 saturated heterocycles. The zero-order valence-corrected chi connectivity index (χ0v) is 18.7. The second kappa shape index (κ2) is 10.1. The summed E-state index contributed by atoms with van der Waals surface area (Å²) in [5.41, 5.74) is 3.08. The molecule has 4 aromatic rings. The van der Waals surface area contributed by atoms with E-state index in [9.17, 15) is 0 Å². The van der Waals surface area contributed by atoms with Gasteiger partial charge in [-0.25, -0.2) is 4.98 Å². The Hall–Kier alpha value is -3.67. The van der Waals surface area contributed by atoms with Crippen molar-refractivity contribution < 1.29 is 18.9 Å². The van der Waals surface area contributed by atoms with Gasteiger partial charge in [-0.2, -0.15) is 0 Å². The zero-order valence-electron chi connectivity index (χ0n) is 18.7. The average molecular weight is 433 g/mol. The first-order valence-corrected chi connectivity index (χ1v) is 10.7. The molecule has 1 aromatic heterocycles. The second-order valence-electron chi connectivity index (χ2n) is 7.35. The summed E-state index contributed by atoms with van der Waals surface area (Å²) >= 11 is 0. The molecule has 1 heterocycles. The normalized spacial score (nSPS) is 10.8. The number of ether oxygens (including phenoxy) is 4. The molecule has 0 atom stereocenters. The van der Waals surface area contributed by atoms with Crippen LogP contribution in [0.3, 0.4) is 0 Å². The molecule has 0 saturated carbocycles. The van der Waals surface area contributed by atoms with Crippen LogP contribution in [0.2, 0.25) is 0 Å². The Morgan fingerprint density at radius 2 is 1.41 bits per heavy atom. The van der Waals surface area contributed by atoms with Crippen LogP contribution >= 0.6 is 0 Å². The molecule has 0 amide bonds. The van der Waals surface area contributed by atoms with Gasteiger partial charge in [-0.3, -0.25) is 0 Å². The summed E-state index contributed by atoms with van der Waals surface area (Å²) in [6.45, 7) is 1.46. The molecule has 0 radical (unpaired) electrons. The van der Waals surface area contributed by atoms with Crippen LogP contribution in [0.1, 0.15) is 12.8 Å². The minimum atomic E-state index is 0.624. The molecule has 6 nitrogen and oxygen atoms in total. The van der Waals surface area contributed by atoms with E-state index >= 15 is 0 Å². The lowest BCUT2D eigenvalue weighted by molar-refractivity contribution is 0.284. The fourth-order valence-electron chi connectivity index (χ4n) is 3.79. The van der Waals surface area contributed by atoms with Crippen molar-refractivity contribution in [3.8, 4) is 34.4 Å². The Bertz CT molecular complexity index is 1190. The monoisotopic (exact) mass is 432 g/mol. The Morgan fingerprint density at radius 1 is 0.719 bits per heavy atom. The number of aromatic nitrogens is 2. The number of unbranched alkanes of at least 4 members (excludes halogenated alkanes) is 1. The summed E-state index contributed by atoms with van der Waals surface area (Å²) in [7, 11) is 4.94. The molecule has 0 aliphatic heterocycles. The maximum absolute atomic E-state index is 5.93. The molecule has 166 valence electrons. The van der Waals surface area contributed by atoms with E-state index in [2.05, 4.69) is 10.6 Å². The van der Waals surface area contributed by atoms with Gasteiger partial charge in [0.1, 0.15) is 5.82 Å². The highest BCUT2D eigenvalue weighted by molar-refractivity contribution is 5.81. The largest absolute Gasteiger partial charge is 0.493 e. The molecule has 32 heavy (non-hydrogen) atoms. The summed E-state index contributed by atoms with van der Waals surface area (Å²) in [6.07, 6.45) is 1.87. The maximum atomic E-state index is 5.93. The van der Waals surface area contributed by atoms with Crippen LogP contribution in [0.4, 0.5) is 0 Å². The number of methoxy groups -OCH3 is 3. The topological polar surface area (TPSA) is 54.7 Å². The molecule has 0 spiro atoms. The van der Waals surface area contributed by atoms with Crippen LogP contribution in [0.5, 0.6) is 23.0 Å². The predicted octanol–water partition coefficient (Wildman–Crippen LogP) is 5.59. The SMILES string of the molecule is COc1ccc(-c2nc3ccccc3n2CCCCOc2ccccc2OC)cc1OC. The summed E-state index contributed by atoms with van der Waals surface area (Å²) in [5.74, 6) is 3.83. The van der Waals surface area contributed by atoms with E-state index in [1.807, 2.05) is 60.7 Å². The lowest BCUT2D eigenvalue weighted by Gasteiger charge is -2.13. The van der Waals surface area contributed by atoms with E-state index in [0.717, 1.165) is 53.3 Å². The Morgan fingerprint density at radius 3 is 2.19 bits per heavy atom. The van der Waals surface area contributed by atoms with Crippen LogP contribution < -0.4 is 18.9 Å². The van der Waals surface area contributed by atoms with Gasteiger partial charge >= 0.3 is 0 Å². The molecule has 0 bridgehead atoms. The van der Waals surface area contributed by atoms with Crippen LogP contribution in [-0.2, 0) is 6.54 Å². The number of aryl methyl sites for hydroxylation is 1. The van der Waals surface area contributed by atoms with Gasteiger partial charge in [0.15, 0.2) is 23.0 Å². The predicted molar refractivity (Wildman–Crippen MR) is 126 cm³/mol. The summed E-state index contributed by atoms with van der Waals surface area (Å²) in [6, 6.07) is 21.8. The van der Waals surface area contributed by atoms with E-state index in [4.69, 9.17) is 23.9 Å². The molecular formula is C26H28N2O4. The highest BCUT2D eigenvalue weighted by atomic mass is 16.5. The number of hydrogen-bond donors (Lipinski definition) is 0. The quantitative estimate of drug-likeness (QED) is 0.306. The molecule has 6 heteroatoms. The first-order chi connectivity index (χ1) is 15.7. The van der Waals surface area contributed by atoms with Crippen molar-refractivity contribution >= 4 is 11.0 Å². The van der Waals surface area contributed by atoms with E-state index in [1.165, 1.54) is 0 Å². The molecule has 4 rings (SSSR count). The fourth-order valence-corrected chi connectivity index (χ4v) is 3.79. The van der Waals surface area contributed by atoms with Crippen LogP contribution in [0, 0.1) is 0 Å². The average Bonchev–Trinajstić information content (AvgIpc) is 3.22. The Balaban J connectivity index is 1.51. The van der Waals surface area contributed by atoms with Crippen molar-refractivity contribution in [3.63, 3.8) is 0 Å². The lowest BCUT2D eigenvalue weighted by atomic mass is 10.2. The van der Waals surface area contributed by atoms with Crippen LogP contribution in [0.25, 0.3) is 22.4 Å². The summed E-state index contributed by atoms with van der Waals surface area (Å²) in [4.78, 5) is 4.90. The molecule has 0 fully saturated rings. The van der Waals surface area contributed by atoms with Gasteiger partial charge in [0.2, 0.25) is 0 Å². The number of para-hydroxylation sites is 4. The van der Waals surface area contributed by atoms with Crippen molar-refractivity contribution in [2.75, 3.05) is 27.9 Å². The standard InChI is InChI=1S/C26H28N2O4/c1-29-22-12-6-7-13-24(22)32-17-9-8-16-28-21-11-5-4-10-20(21)27-26(28)19-14-15-23(30-2)25(18-19)31-3/h4-7,10-15,18H,8-9,16-17H2,1-3H3. The van der Waals surface area contributed by atoms with Gasteiger partial charge in [0.25, 0.3) is 0 Å². The third-order valence-electron chi connectivity index (χ3n) is 5.40. The molecular weight excluding hydrogens is 404 g/mol. The first kappa shape index (κ1) is 21.6. The van der Waals surface area contributed by atoms with E-state index in [0.29, 0.717) is 18.1 Å². The minimum Gasteiger partial charge on any atom is -0.493 e. The highest BCUT2D eigenvalue weighted by Crippen LogP contribution is 2.33. The van der Waals surface area contributed by atoms with Crippen LogP contribution in [-0.4, -0.2) is 37.5 Å². The minimum absolute atomic E-state index is 0.624. The van der Waals surface area contributed by atoms with Crippen molar-refractivity contribution in [2.24, 2.45) is 0 Å². The molecule has 3 aromatic carbocycles. The molecule has 0 aliphatic rings. The fraction of sp³-hybridized carbons (Fsp3) is 0.269. The first-order valence-electron chi connectivity index (χ1n) is 10.7. The highest BCUT2D eigenvalue weighted by Gasteiger charge is 2.15. The summed E-state index contributed by atoms with van der Waals surface area (Å²) < 4.78 is 24.4. The van der Waals surface area contributed by atoms with E-state index < -0.39 is 0 Å². The van der Waals surface area contributed by atoms with Gasteiger partial charge in [-0.05, 0) is 55.3 Å². The lowest BCUT2D eigenvalue weighted by Crippen LogP contribution is -2.04. The number of benzene rings is 3. The summed E-state index contributed by atoms with van der Waals surface area (Å²) in [5, 5.41) is 0. The van der Waals surface area contributed by atoms with E-state index in [1.54, 1.807) is 21.3 Å². The van der Waals surface area contributed by atoms with Crippen molar-refractivity contribution in [3.05, 3.63) is 66.7 Å². The third kappa shape index (κ3) is 4.49. The number of hydrogen-bond acceptors (Lipinski definition) is 5. The third-order valence-corrected chi connectivity index (χ3v) is 5.40. The number of fused-ring (bicyclic) bond motifs is 1. The Kier molecular flexibility index (Phi) is 6.80. The van der Waals surface area contributed by atoms with Gasteiger partial charge in [0.05, 0.1) is 39.0 Å². The second-order valence-corrected chi connectivity index (χ2v) is 7.35. The zero-order chi connectivity index (χ0) is 22.3. The van der Waals surface area contributed by atoms with Gasteiger partial charge < -0.3 is 23.5 Å². The van der Waals surface area contributed by atoms with Crippen LogP contribution in [0.15, 0.2) is 66.7 Å². The number of rotatable bonds is 10.